The van der Waals surface area contributed by atoms with Gasteiger partial charge in [-0.1, -0.05) is 76.7 Å². The number of carbonyl (C=O) groups excluding carboxylic acids is 1. The second-order valence-electron chi connectivity index (χ2n) is 10.8. The maximum atomic E-state index is 12.6. The Kier molecular flexibility index (Phi) is 6.26. The smallest absolute Gasteiger partial charge is 0.264 e. The predicted octanol–water partition coefficient (Wildman–Crippen LogP) is 6.52. The van der Waals surface area contributed by atoms with Crippen molar-refractivity contribution in [2.24, 2.45) is 0 Å². The van der Waals surface area contributed by atoms with Crippen LogP contribution in [0.5, 0.6) is 0 Å². The van der Waals surface area contributed by atoms with Gasteiger partial charge in [0, 0.05) is 5.56 Å². The number of benzene rings is 3. The normalized spacial score (nSPS) is 16.3. The van der Waals surface area contributed by atoms with Crippen LogP contribution in [0, 0.1) is 6.92 Å². The minimum atomic E-state index is -3.93. The molecule has 1 aliphatic carbocycles. The molecular weight excluding hydrogens is 454 g/mol. The summed E-state index contributed by atoms with van der Waals surface area (Å²) in [4.78, 5) is 12.7. The Morgan fingerprint density at radius 1 is 0.829 bits per heavy atom. The fourth-order valence-electron chi connectivity index (χ4n) is 4.87. The van der Waals surface area contributed by atoms with Gasteiger partial charge in [-0.15, -0.1) is 0 Å². The molecule has 182 valence electrons. The van der Waals surface area contributed by atoms with Crippen molar-refractivity contribution < 1.29 is 13.2 Å². The zero-order valence-electron chi connectivity index (χ0n) is 21.1. The first kappa shape index (κ1) is 24.9. The molecule has 0 aliphatic heterocycles. The third-order valence-electron chi connectivity index (χ3n) is 7.30. The van der Waals surface area contributed by atoms with Crippen LogP contribution in [-0.4, -0.2) is 14.3 Å². The van der Waals surface area contributed by atoms with Crippen LogP contribution >= 0.6 is 0 Å². The Balaban J connectivity index is 1.60. The fraction of sp³-hybridized carbons (Fsp3) is 0.300. The van der Waals surface area contributed by atoms with E-state index in [0.717, 1.165) is 29.5 Å². The molecule has 0 radical (unpaired) electrons. The molecule has 1 amide bonds. The summed E-state index contributed by atoms with van der Waals surface area (Å²) in [5.41, 5.74) is 7.34. The third-order valence-corrected chi connectivity index (χ3v) is 8.65. The average Bonchev–Trinajstić information content (AvgIpc) is 2.82. The van der Waals surface area contributed by atoms with E-state index in [0.29, 0.717) is 0 Å². The van der Waals surface area contributed by atoms with Crippen molar-refractivity contribution in [2.75, 3.05) is 0 Å². The Morgan fingerprint density at radius 2 is 1.34 bits per heavy atom. The second kappa shape index (κ2) is 8.80. The summed E-state index contributed by atoms with van der Waals surface area (Å²) < 4.78 is 27.1. The minimum Gasteiger partial charge on any atom is -0.268 e. The van der Waals surface area contributed by atoms with Gasteiger partial charge in [-0.05, 0) is 88.3 Å². The molecule has 5 heteroatoms. The fourth-order valence-corrected chi connectivity index (χ4v) is 5.86. The van der Waals surface area contributed by atoms with Crippen LogP contribution in [0.1, 0.15) is 78.7 Å². The molecule has 35 heavy (non-hydrogen) atoms. The van der Waals surface area contributed by atoms with Crippen LogP contribution in [0.25, 0.3) is 5.57 Å². The Morgan fingerprint density at radius 3 is 1.91 bits per heavy atom. The highest BCUT2D eigenvalue weighted by Crippen LogP contribution is 2.47. The van der Waals surface area contributed by atoms with Crippen molar-refractivity contribution in [3.63, 3.8) is 0 Å². The first-order valence-corrected chi connectivity index (χ1v) is 13.4. The summed E-state index contributed by atoms with van der Waals surface area (Å²) in [6.07, 6.45) is 2.30. The highest BCUT2D eigenvalue weighted by atomic mass is 32.2. The summed E-state index contributed by atoms with van der Waals surface area (Å²) in [5.74, 6) is -0.667. The molecule has 4 rings (SSSR count). The standard InChI is InChI=1S/C30H33NO3S/c1-20-18-26-27(30(5,6)17-16-29(26,3)4)19-25(20)21(2)22-12-14-23(15-13-22)28(32)31-35(33,34)24-10-8-7-9-11-24/h7-15,18-19H,2,16-17H2,1,3-6H3,(H,31,32). The number of aryl methyl sites for hydroxylation is 1. The molecule has 0 aromatic heterocycles. The van der Waals surface area contributed by atoms with Gasteiger partial charge in [0.25, 0.3) is 15.9 Å². The number of rotatable bonds is 5. The molecule has 1 aliphatic rings. The third kappa shape index (κ3) is 4.83. The number of sulfonamides is 1. The van der Waals surface area contributed by atoms with Crippen molar-refractivity contribution >= 4 is 21.5 Å². The molecule has 3 aromatic carbocycles. The first-order valence-electron chi connectivity index (χ1n) is 11.9. The molecule has 4 nitrogen and oxygen atoms in total. The van der Waals surface area contributed by atoms with Crippen LogP contribution < -0.4 is 4.72 Å². The molecular formula is C30H33NO3S. The van der Waals surface area contributed by atoms with E-state index in [9.17, 15) is 13.2 Å². The number of amides is 1. The SMILES string of the molecule is C=C(c1ccc(C(=O)NS(=O)(=O)c2ccccc2)cc1)c1cc2c(cc1C)C(C)(C)CCC2(C)C. The largest absolute Gasteiger partial charge is 0.268 e. The zero-order chi connectivity index (χ0) is 25.6. The Hall–Kier alpha value is -3.18. The van der Waals surface area contributed by atoms with E-state index in [1.807, 2.05) is 12.1 Å². The molecule has 0 saturated carbocycles. The van der Waals surface area contributed by atoms with Crippen molar-refractivity contribution in [1.29, 1.82) is 0 Å². The van der Waals surface area contributed by atoms with Crippen molar-refractivity contribution in [1.82, 2.24) is 4.72 Å². The van der Waals surface area contributed by atoms with Crippen molar-refractivity contribution in [3.05, 3.63) is 107 Å². The highest BCUT2D eigenvalue weighted by Gasteiger charge is 2.37. The summed E-state index contributed by atoms with van der Waals surface area (Å²) in [6.45, 7) is 15.7. The summed E-state index contributed by atoms with van der Waals surface area (Å²) in [5, 5.41) is 0. The number of fused-ring (bicyclic) bond motifs is 1. The van der Waals surface area contributed by atoms with E-state index < -0.39 is 15.9 Å². The second-order valence-corrected chi connectivity index (χ2v) is 12.5. The monoisotopic (exact) mass is 487 g/mol. The lowest BCUT2D eigenvalue weighted by molar-refractivity contribution is 0.0981. The first-order chi connectivity index (χ1) is 16.3. The lowest BCUT2D eigenvalue weighted by atomic mass is 9.62. The van der Waals surface area contributed by atoms with Crippen LogP contribution in [0.3, 0.4) is 0 Å². The number of hydrogen-bond donors (Lipinski definition) is 1. The predicted molar refractivity (Wildman–Crippen MR) is 142 cm³/mol. The van der Waals surface area contributed by atoms with Gasteiger partial charge in [-0.3, -0.25) is 4.79 Å². The molecule has 0 spiro atoms. The molecule has 0 saturated heterocycles. The van der Waals surface area contributed by atoms with Gasteiger partial charge in [0.2, 0.25) is 0 Å². The van der Waals surface area contributed by atoms with E-state index in [1.165, 1.54) is 28.8 Å². The van der Waals surface area contributed by atoms with E-state index >= 15 is 0 Å². The molecule has 0 fully saturated rings. The van der Waals surface area contributed by atoms with Crippen LogP contribution in [-0.2, 0) is 20.9 Å². The van der Waals surface area contributed by atoms with Crippen LogP contribution in [0.15, 0.2) is 78.2 Å². The molecule has 0 unspecified atom stereocenters. The minimum absolute atomic E-state index is 0.0485. The quantitative estimate of drug-likeness (QED) is 0.445. The molecule has 0 heterocycles. The van der Waals surface area contributed by atoms with Gasteiger partial charge >= 0.3 is 0 Å². The van der Waals surface area contributed by atoms with Crippen LogP contribution in [0.4, 0.5) is 0 Å². The summed E-state index contributed by atoms with van der Waals surface area (Å²) in [7, 11) is -3.93. The Labute approximate surface area is 209 Å². The maximum Gasteiger partial charge on any atom is 0.264 e. The number of hydrogen-bond acceptors (Lipinski definition) is 3. The highest BCUT2D eigenvalue weighted by molar-refractivity contribution is 7.90. The lowest BCUT2D eigenvalue weighted by Gasteiger charge is -2.42. The van der Waals surface area contributed by atoms with Gasteiger partial charge in [-0.2, -0.15) is 0 Å². The van der Waals surface area contributed by atoms with Crippen molar-refractivity contribution in [2.45, 2.75) is 63.2 Å². The van der Waals surface area contributed by atoms with Crippen molar-refractivity contribution in [3.8, 4) is 0 Å². The van der Waals surface area contributed by atoms with Gasteiger partial charge in [0.15, 0.2) is 0 Å². The molecule has 0 bridgehead atoms. The van der Waals surface area contributed by atoms with E-state index in [4.69, 9.17) is 0 Å². The number of carbonyl (C=O) groups is 1. The van der Waals surface area contributed by atoms with E-state index in [2.05, 4.69) is 58.1 Å². The number of nitrogens with one attached hydrogen (secondary N) is 1. The molecule has 3 aromatic rings. The average molecular weight is 488 g/mol. The maximum absolute atomic E-state index is 12.6. The van der Waals surface area contributed by atoms with E-state index in [1.54, 1.807) is 30.3 Å². The van der Waals surface area contributed by atoms with Gasteiger partial charge < -0.3 is 0 Å². The molecule has 1 N–H and O–H groups in total. The van der Waals surface area contributed by atoms with Gasteiger partial charge in [-0.25, -0.2) is 13.1 Å². The van der Waals surface area contributed by atoms with Gasteiger partial charge in [0.05, 0.1) is 4.90 Å². The molecule has 0 atom stereocenters. The summed E-state index contributed by atoms with van der Waals surface area (Å²) in [6, 6.07) is 19.4. The van der Waals surface area contributed by atoms with Gasteiger partial charge in [0.1, 0.15) is 0 Å². The van der Waals surface area contributed by atoms with E-state index in [-0.39, 0.29) is 21.3 Å². The topological polar surface area (TPSA) is 63.2 Å². The lowest BCUT2D eigenvalue weighted by Crippen LogP contribution is -2.34. The van der Waals surface area contributed by atoms with Crippen LogP contribution in [0.2, 0.25) is 0 Å². The Bertz CT molecular complexity index is 1400. The summed E-state index contributed by atoms with van der Waals surface area (Å²) >= 11 is 0. The zero-order valence-corrected chi connectivity index (χ0v) is 21.9.